The number of allylic oxidation sites excluding steroid dienone is 5. The van der Waals surface area contributed by atoms with E-state index in [2.05, 4.69) is 98.3 Å². The quantitative estimate of drug-likeness (QED) is 0.120. The fourth-order valence-corrected chi connectivity index (χ4v) is 8.01. The molecule has 2 aliphatic carbocycles. The van der Waals surface area contributed by atoms with Gasteiger partial charge in [-0.3, -0.25) is 4.79 Å². The van der Waals surface area contributed by atoms with Crippen LogP contribution in [0.4, 0.5) is 0 Å². The Bertz CT molecular complexity index is 2150. The number of nitrogens with zero attached hydrogens (tertiary/aromatic N) is 2. The fourth-order valence-electron chi connectivity index (χ4n) is 5.23. The number of rotatable bonds is 8. The van der Waals surface area contributed by atoms with E-state index >= 15 is 0 Å². The molecule has 1 aromatic carbocycles. The van der Waals surface area contributed by atoms with Gasteiger partial charge >= 0.3 is 0 Å². The number of thiophene rings is 2. The van der Waals surface area contributed by atoms with Gasteiger partial charge < -0.3 is 24.5 Å². The number of piperidine rings is 1. The van der Waals surface area contributed by atoms with Gasteiger partial charge in [-0.15, -0.1) is 11.3 Å². The first-order chi connectivity index (χ1) is 30.7. The molecule has 4 aromatic heterocycles. The van der Waals surface area contributed by atoms with Crippen molar-refractivity contribution in [3.05, 3.63) is 171 Å². The second kappa shape index (κ2) is 44.6. The first-order valence-corrected chi connectivity index (χ1v) is 25.8. The van der Waals surface area contributed by atoms with E-state index in [-0.39, 0.29) is 43.0 Å². The summed E-state index contributed by atoms with van der Waals surface area (Å²) >= 11 is 3.52. The molecule has 0 spiro atoms. The molecule has 69 heavy (non-hydrogen) atoms. The highest BCUT2D eigenvalue weighted by molar-refractivity contribution is 7.93. The van der Waals surface area contributed by atoms with Crippen molar-refractivity contribution < 1.29 is 26.0 Å². The number of benzene rings is 1. The number of carbonyl (C=O) groups is 1. The van der Waals surface area contributed by atoms with Crippen molar-refractivity contribution in [2.75, 3.05) is 54.4 Å². The van der Waals surface area contributed by atoms with Gasteiger partial charge in [0.1, 0.15) is 0 Å². The number of sulfonamides is 2. The van der Waals surface area contributed by atoms with Gasteiger partial charge in [0, 0.05) is 37.9 Å². The van der Waals surface area contributed by atoms with Gasteiger partial charge in [0.25, 0.3) is 5.91 Å². The molecule has 16 heteroatoms. The Balaban J connectivity index is -0.000000226. The van der Waals surface area contributed by atoms with Crippen LogP contribution in [0, 0.1) is 13.8 Å². The number of aryl methyl sites for hydroxylation is 3. The van der Waals surface area contributed by atoms with E-state index in [0.29, 0.717) is 15.6 Å². The normalized spacial score (nSPS) is 12.5. The monoisotopic (exact) mass is 1030 g/mol. The Kier molecular flexibility index (Phi) is 47.3. The van der Waals surface area contributed by atoms with Crippen molar-refractivity contribution in [2.24, 2.45) is 7.05 Å². The zero-order valence-corrected chi connectivity index (χ0v) is 42.0. The predicted octanol–water partition coefficient (Wildman–Crippen LogP) is 12.5. The van der Waals surface area contributed by atoms with Crippen molar-refractivity contribution in [1.82, 2.24) is 29.5 Å². The number of likely N-dealkylation sites (N-methyl/N-ethyl adjacent to an activating group) is 1. The van der Waals surface area contributed by atoms with Crippen LogP contribution in [0.15, 0.2) is 164 Å². The zero-order valence-electron chi connectivity index (χ0n) is 38.7. The highest BCUT2D eigenvalue weighted by atomic mass is 32.2. The number of carbonyl (C=O) groups excluding carboxylic acids is 1. The molecule has 5 heterocycles. The van der Waals surface area contributed by atoms with E-state index in [1.807, 2.05) is 49.3 Å². The number of amides is 1. The molecule has 12 nitrogen and oxygen atoms in total. The summed E-state index contributed by atoms with van der Waals surface area (Å²) in [5.74, 6) is 0.150. The molecule has 1 aliphatic heterocycles. The van der Waals surface area contributed by atoms with Crippen LogP contribution in [0.25, 0.3) is 0 Å². The number of aromatic nitrogens is 1. The maximum absolute atomic E-state index is 11.1. The molecular formula is C53H90N6O6S4. The van der Waals surface area contributed by atoms with Crippen LogP contribution in [0.3, 0.4) is 0 Å². The topological polar surface area (TPSA) is 155 Å². The van der Waals surface area contributed by atoms with E-state index in [1.165, 1.54) is 75.3 Å². The minimum absolute atomic E-state index is 0. The molecule has 1 fully saturated rings. The minimum atomic E-state index is -3.25. The van der Waals surface area contributed by atoms with Crippen LogP contribution >= 0.6 is 22.7 Å². The highest BCUT2D eigenvalue weighted by Crippen LogP contribution is 2.13. The summed E-state index contributed by atoms with van der Waals surface area (Å²) in [4.78, 5) is 15.2. The molecule has 392 valence electrons. The van der Waals surface area contributed by atoms with Crippen molar-refractivity contribution in [3.63, 3.8) is 0 Å². The summed E-state index contributed by atoms with van der Waals surface area (Å²) in [6.45, 7) is 11.4. The zero-order chi connectivity index (χ0) is 47.5. The Morgan fingerprint density at radius 1 is 0.710 bits per heavy atom. The van der Waals surface area contributed by atoms with E-state index in [0.717, 1.165) is 19.4 Å². The number of hydrogen-bond donors (Lipinski definition) is 4. The Morgan fingerprint density at radius 2 is 1.32 bits per heavy atom. The average molecular weight is 1040 g/mol. The van der Waals surface area contributed by atoms with Crippen molar-refractivity contribution in [2.45, 2.75) is 94.9 Å². The number of hydrogen-bond acceptors (Lipinski definition) is 10. The molecule has 1 saturated heterocycles. The van der Waals surface area contributed by atoms with Crippen molar-refractivity contribution >= 4 is 48.6 Å². The first-order valence-electron chi connectivity index (χ1n) is 21.1. The second-order valence-electron chi connectivity index (χ2n) is 13.8. The largest absolute Gasteiger partial charge is 0.459 e. The Labute approximate surface area is 428 Å². The van der Waals surface area contributed by atoms with E-state index in [1.54, 1.807) is 84.3 Å². The summed E-state index contributed by atoms with van der Waals surface area (Å²) in [6.07, 6.45) is 23.3. The molecule has 3 aliphatic rings. The van der Waals surface area contributed by atoms with Gasteiger partial charge in [-0.2, -0.15) is 11.3 Å². The summed E-state index contributed by atoms with van der Waals surface area (Å²) in [7, 11) is 1.90. The third-order valence-electron chi connectivity index (χ3n) is 8.82. The van der Waals surface area contributed by atoms with Crippen LogP contribution < -0.4 is 20.1 Å². The van der Waals surface area contributed by atoms with E-state index in [9.17, 15) is 21.6 Å². The lowest BCUT2D eigenvalue weighted by atomic mass is 10.1. The van der Waals surface area contributed by atoms with Crippen LogP contribution in [-0.2, 0) is 27.1 Å². The molecule has 4 N–H and O–H groups in total. The van der Waals surface area contributed by atoms with Gasteiger partial charge in [-0.25, -0.2) is 26.3 Å². The lowest BCUT2D eigenvalue weighted by Crippen LogP contribution is -2.29. The van der Waals surface area contributed by atoms with E-state index < -0.39 is 20.0 Å². The molecule has 0 radical (unpaired) electrons. The lowest BCUT2D eigenvalue weighted by molar-refractivity contribution is 0.0935. The highest BCUT2D eigenvalue weighted by Gasteiger charge is 2.13. The minimum Gasteiger partial charge on any atom is -0.459 e. The summed E-state index contributed by atoms with van der Waals surface area (Å²) in [6, 6.07) is 21.8. The number of nitrogens with one attached hydrogen (secondary N) is 4. The molecule has 0 unspecified atom stereocenters. The molecule has 5 aromatic rings. The Hall–Kier alpha value is -4.65. The maximum atomic E-state index is 11.1. The van der Waals surface area contributed by atoms with Gasteiger partial charge in [0.2, 0.25) is 20.0 Å². The molecule has 0 saturated carbocycles. The number of furan rings is 1. The van der Waals surface area contributed by atoms with Crippen LogP contribution in [-0.4, -0.2) is 86.6 Å². The lowest BCUT2D eigenvalue weighted by Gasteiger charge is -2.24. The average Bonchev–Trinajstić information content (AvgIpc) is 4.18. The molecule has 8 rings (SSSR count). The standard InChI is InChI=1S/C7H9NO2S.C7H11N.C7H15N.C6H9NO2S.C6H7NO2.C5H7N.2C5H6S.5CH4/c1-8-11(9,10)7-5-3-2-4-6-7;1-8-6-7-4-2-3-5-7;1-2-8-6-4-3-5-7-8;1-7-10(8,9)6-4-2-3-5-6;1-7-6(8)5-3-2-4-9-5;1-6-4-2-3-5-6;1-5-2-3-6-4-5;1-5-3-2-4-6-5;;;;;/h2-6,8H,1H3;2,4-5,8H,3,6H2,1H3;2-7H2,1H3;2,4-5,7H,3H2,1H3;2-4H,1H3,(H,7,8);2-5H,1H3;2*2-4H,1H3;5*1H4. The molecule has 1 amide bonds. The van der Waals surface area contributed by atoms with Crippen LogP contribution in [0.5, 0.6) is 0 Å². The van der Waals surface area contributed by atoms with Gasteiger partial charge in [-0.05, 0) is 162 Å². The molecular weight excluding hydrogens is 945 g/mol. The van der Waals surface area contributed by atoms with Gasteiger partial charge in [0.05, 0.1) is 16.1 Å². The van der Waals surface area contributed by atoms with Crippen LogP contribution in [0.2, 0.25) is 0 Å². The van der Waals surface area contributed by atoms with E-state index in [4.69, 9.17) is 4.42 Å². The second-order valence-corrected chi connectivity index (χ2v) is 19.5. The van der Waals surface area contributed by atoms with Crippen LogP contribution in [0.1, 0.15) is 97.2 Å². The third-order valence-corrected chi connectivity index (χ3v) is 13.3. The smallest absolute Gasteiger partial charge is 0.286 e. The van der Waals surface area contributed by atoms with Crippen molar-refractivity contribution in [1.29, 1.82) is 0 Å². The SMILES string of the molecule is C.C.C.C.C.CCN1CCCCC1.CNC(=O)c1ccco1.CNCC1=CCC=C1.CNS(=O)(=O)C1=CCC=C1.CNS(=O)(=O)c1ccccc1.Cc1cccs1.Cc1ccsc1.Cn1cccc1. The van der Waals surface area contributed by atoms with Gasteiger partial charge in [0.15, 0.2) is 5.76 Å². The summed E-state index contributed by atoms with van der Waals surface area (Å²) in [5.41, 5.74) is 2.77. The maximum Gasteiger partial charge on any atom is 0.286 e. The summed E-state index contributed by atoms with van der Waals surface area (Å²) < 4.78 is 55.4. The molecule has 0 bridgehead atoms. The number of likely N-dealkylation sites (tertiary alicyclic amines) is 1. The third kappa shape index (κ3) is 35.2. The summed E-state index contributed by atoms with van der Waals surface area (Å²) in [5, 5.41) is 11.8. The van der Waals surface area contributed by atoms with Gasteiger partial charge in [-0.1, -0.05) is 105 Å². The molecule has 0 atom stereocenters. The first kappa shape index (κ1) is 73.3. The fraction of sp³-hybridized carbons (Fsp3) is 0.415. The Morgan fingerprint density at radius 3 is 1.65 bits per heavy atom. The predicted molar refractivity (Wildman–Crippen MR) is 304 cm³/mol. The van der Waals surface area contributed by atoms with Crippen molar-refractivity contribution in [3.8, 4) is 0 Å².